The lowest BCUT2D eigenvalue weighted by Crippen LogP contribution is -2.34. The summed E-state index contributed by atoms with van der Waals surface area (Å²) in [5.41, 5.74) is 0.0914. The van der Waals surface area contributed by atoms with Crippen LogP contribution < -0.4 is 9.04 Å². The number of aromatic nitrogens is 2. The van der Waals surface area contributed by atoms with Gasteiger partial charge in [0.25, 0.3) is 10.0 Å². The summed E-state index contributed by atoms with van der Waals surface area (Å²) >= 11 is 5.94. The van der Waals surface area contributed by atoms with Crippen LogP contribution in [0.5, 0.6) is 5.75 Å². The van der Waals surface area contributed by atoms with Gasteiger partial charge in [0, 0.05) is 35.6 Å². The van der Waals surface area contributed by atoms with E-state index in [1.54, 1.807) is 43.7 Å². The van der Waals surface area contributed by atoms with Gasteiger partial charge in [-0.3, -0.25) is 4.31 Å². The molecule has 4 rings (SSSR count). The number of hydrogen-bond acceptors (Lipinski definition) is 4. The van der Waals surface area contributed by atoms with Crippen LogP contribution in [-0.4, -0.2) is 24.6 Å². The highest BCUT2D eigenvalue weighted by Crippen LogP contribution is 2.38. The molecule has 0 saturated heterocycles. The zero-order valence-corrected chi connectivity index (χ0v) is 21.0. The van der Waals surface area contributed by atoms with Crippen molar-refractivity contribution in [2.45, 2.75) is 30.8 Å². The van der Waals surface area contributed by atoms with Gasteiger partial charge in [-0.15, -0.1) is 0 Å². The normalized spacial score (nSPS) is 12.3. The maximum Gasteiger partial charge on any atom is 0.264 e. The Morgan fingerprint density at radius 1 is 1.08 bits per heavy atom. The Labute approximate surface area is 213 Å². The van der Waals surface area contributed by atoms with Gasteiger partial charge in [0.05, 0.1) is 29.6 Å². The fraction of sp³-hybridized carbons (Fsp3) is 0.192. The minimum Gasteiger partial charge on any atom is -0.493 e. The first-order valence-corrected chi connectivity index (χ1v) is 13.0. The van der Waals surface area contributed by atoms with Gasteiger partial charge in [0.2, 0.25) is 0 Å². The second kappa shape index (κ2) is 11.1. The van der Waals surface area contributed by atoms with Gasteiger partial charge in [-0.2, -0.15) is 0 Å². The molecule has 3 aromatic carbocycles. The summed E-state index contributed by atoms with van der Waals surface area (Å²) in [5.74, 6) is -1.19. The molecule has 36 heavy (non-hydrogen) atoms. The maximum atomic E-state index is 15.0. The smallest absolute Gasteiger partial charge is 0.264 e. The molecule has 1 atom stereocenters. The number of imidazole rings is 1. The Kier molecular flexibility index (Phi) is 7.91. The average molecular weight is 532 g/mol. The predicted molar refractivity (Wildman–Crippen MR) is 135 cm³/mol. The van der Waals surface area contributed by atoms with E-state index >= 15 is 0 Å². The third-order valence-electron chi connectivity index (χ3n) is 5.61. The van der Waals surface area contributed by atoms with Gasteiger partial charge in [-0.25, -0.2) is 22.2 Å². The number of ether oxygens (including phenoxy) is 1. The first kappa shape index (κ1) is 25.7. The van der Waals surface area contributed by atoms with E-state index in [1.165, 1.54) is 24.3 Å². The molecule has 0 saturated carbocycles. The van der Waals surface area contributed by atoms with Crippen molar-refractivity contribution in [2.75, 3.05) is 10.9 Å². The zero-order valence-electron chi connectivity index (χ0n) is 19.4. The van der Waals surface area contributed by atoms with Crippen molar-refractivity contribution in [3.05, 3.63) is 108 Å². The summed E-state index contributed by atoms with van der Waals surface area (Å²) in [6.07, 6.45) is 5.94. The summed E-state index contributed by atoms with van der Waals surface area (Å²) in [4.78, 5) is 3.90. The van der Waals surface area contributed by atoms with E-state index in [0.717, 1.165) is 22.5 Å². The molecule has 188 valence electrons. The highest BCUT2D eigenvalue weighted by molar-refractivity contribution is 7.92. The van der Waals surface area contributed by atoms with E-state index in [2.05, 4.69) is 4.98 Å². The van der Waals surface area contributed by atoms with Gasteiger partial charge >= 0.3 is 0 Å². The van der Waals surface area contributed by atoms with Crippen LogP contribution in [0.25, 0.3) is 0 Å². The zero-order chi connectivity index (χ0) is 25.7. The summed E-state index contributed by atoms with van der Waals surface area (Å²) in [6, 6.07) is 14.2. The van der Waals surface area contributed by atoms with Gasteiger partial charge in [-0.1, -0.05) is 29.8 Å². The Morgan fingerprint density at radius 3 is 2.56 bits per heavy atom. The van der Waals surface area contributed by atoms with Crippen LogP contribution >= 0.6 is 11.6 Å². The number of hydrogen-bond donors (Lipinski definition) is 0. The van der Waals surface area contributed by atoms with E-state index in [0.29, 0.717) is 35.9 Å². The van der Waals surface area contributed by atoms with Gasteiger partial charge < -0.3 is 9.30 Å². The first-order valence-electron chi connectivity index (χ1n) is 11.2. The molecular formula is C26H24ClF2N3O3S. The SMILES string of the molecule is C[C@H](c1ccccc1OCCCn1ccnc1)N(c1cc(F)ccc1F)S(=O)(=O)c1ccc(Cl)cc1. The maximum absolute atomic E-state index is 15.0. The van der Waals surface area contributed by atoms with Crippen molar-refractivity contribution >= 4 is 27.3 Å². The minimum atomic E-state index is -4.33. The first-order chi connectivity index (χ1) is 17.3. The quantitative estimate of drug-likeness (QED) is 0.227. The van der Waals surface area contributed by atoms with Crippen molar-refractivity contribution < 1.29 is 21.9 Å². The molecule has 0 amide bonds. The molecule has 0 spiro atoms. The number of aryl methyl sites for hydroxylation is 1. The van der Waals surface area contributed by atoms with Crippen LogP contribution in [0.2, 0.25) is 5.02 Å². The Hall–Kier alpha value is -3.43. The van der Waals surface area contributed by atoms with Crippen molar-refractivity contribution in [1.29, 1.82) is 0 Å². The minimum absolute atomic E-state index is 0.110. The number of benzene rings is 3. The van der Waals surface area contributed by atoms with E-state index in [4.69, 9.17) is 16.3 Å². The van der Waals surface area contributed by atoms with Crippen LogP contribution in [0.3, 0.4) is 0 Å². The van der Waals surface area contributed by atoms with Gasteiger partial charge in [-0.05, 0) is 55.8 Å². The average Bonchev–Trinajstić information content (AvgIpc) is 3.38. The van der Waals surface area contributed by atoms with Gasteiger partial charge in [0.15, 0.2) is 0 Å². The largest absolute Gasteiger partial charge is 0.493 e. The van der Waals surface area contributed by atoms with Gasteiger partial charge in [0.1, 0.15) is 17.4 Å². The lowest BCUT2D eigenvalue weighted by Gasteiger charge is -2.32. The lowest BCUT2D eigenvalue weighted by molar-refractivity contribution is 0.297. The molecule has 1 aromatic heterocycles. The van der Waals surface area contributed by atoms with E-state index in [-0.39, 0.29) is 4.90 Å². The molecule has 0 aliphatic carbocycles. The molecule has 0 bridgehead atoms. The second-order valence-electron chi connectivity index (χ2n) is 8.07. The lowest BCUT2D eigenvalue weighted by atomic mass is 10.1. The molecular weight excluding hydrogens is 508 g/mol. The summed E-state index contributed by atoms with van der Waals surface area (Å²) in [7, 11) is -4.33. The van der Waals surface area contributed by atoms with Crippen molar-refractivity contribution in [1.82, 2.24) is 9.55 Å². The number of rotatable bonds is 10. The predicted octanol–water partition coefficient (Wildman–Crippen LogP) is 6.24. The number of anilines is 1. The van der Waals surface area contributed by atoms with E-state index in [1.807, 2.05) is 10.8 Å². The number of nitrogens with zero attached hydrogens (tertiary/aromatic N) is 3. The van der Waals surface area contributed by atoms with Crippen LogP contribution in [-0.2, 0) is 16.6 Å². The molecule has 0 N–H and O–H groups in total. The monoisotopic (exact) mass is 531 g/mol. The summed E-state index contributed by atoms with van der Waals surface area (Å²) in [5, 5.41) is 0.347. The standard InChI is InChI=1S/C26H24ClF2N3O3S/c1-19(23-5-2-3-6-26(23)35-16-4-14-31-15-13-30-18-31)32(25-17-21(28)9-12-24(25)29)36(33,34)22-10-7-20(27)8-11-22/h2-3,5-13,15,17-19H,4,14,16H2,1H3/t19-/m1/s1. The Balaban J connectivity index is 1.70. The highest BCUT2D eigenvalue weighted by Gasteiger charge is 2.34. The van der Waals surface area contributed by atoms with Crippen LogP contribution in [0.4, 0.5) is 14.5 Å². The number of sulfonamides is 1. The Morgan fingerprint density at radius 2 is 1.83 bits per heavy atom. The molecule has 6 nitrogen and oxygen atoms in total. The fourth-order valence-corrected chi connectivity index (χ4v) is 5.61. The van der Waals surface area contributed by atoms with E-state index in [9.17, 15) is 17.2 Å². The highest BCUT2D eigenvalue weighted by atomic mass is 35.5. The van der Waals surface area contributed by atoms with Crippen molar-refractivity contribution in [2.24, 2.45) is 0 Å². The number of para-hydroxylation sites is 1. The van der Waals surface area contributed by atoms with Crippen LogP contribution in [0, 0.1) is 11.6 Å². The second-order valence-corrected chi connectivity index (χ2v) is 10.3. The molecule has 0 unspecified atom stereocenters. The molecule has 10 heteroatoms. The topological polar surface area (TPSA) is 64.4 Å². The van der Waals surface area contributed by atoms with Crippen molar-refractivity contribution in [3.8, 4) is 5.75 Å². The Bertz CT molecular complexity index is 1410. The summed E-state index contributed by atoms with van der Waals surface area (Å²) < 4.78 is 65.5. The third kappa shape index (κ3) is 5.68. The molecule has 0 fully saturated rings. The molecule has 0 aliphatic heterocycles. The molecule has 0 radical (unpaired) electrons. The molecule has 1 heterocycles. The summed E-state index contributed by atoms with van der Waals surface area (Å²) in [6.45, 7) is 2.66. The molecule has 4 aromatic rings. The van der Waals surface area contributed by atoms with Crippen molar-refractivity contribution in [3.63, 3.8) is 0 Å². The fourth-order valence-electron chi connectivity index (χ4n) is 3.85. The van der Waals surface area contributed by atoms with E-state index < -0.39 is 33.4 Å². The number of halogens is 3. The van der Waals surface area contributed by atoms with Crippen LogP contribution in [0.1, 0.15) is 24.9 Å². The van der Waals surface area contributed by atoms with Crippen LogP contribution in [0.15, 0.2) is 90.3 Å². The molecule has 0 aliphatic rings. The third-order valence-corrected chi connectivity index (χ3v) is 7.77.